The van der Waals surface area contributed by atoms with Crippen molar-refractivity contribution in [2.75, 3.05) is 26.9 Å². The minimum Gasteiger partial charge on any atom is -0.493 e. The van der Waals surface area contributed by atoms with Crippen LogP contribution in [0.15, 0.2) is 48.5 Å². The zero-order valence-corrected chi connectivity index (χ0v) is 18.1. The van der Waals surface area contributed by atoms with Gasteiger partial charge in [0.25, 0.3) is 0 Å². The number of methoxy groups -OCH3 is 1. The van der Waals surface area contributed by atoms with Crippen LogP contribution in [0, 0.1) is 5.41 Å². The minimum atomic E-state index is -0.398. The molecule has 2 aromatic rings. The highest BCUT2D eigenvalue weighted by Gasteiger charge is 2.34. The summed E-state index contributed by atoms with van der Waals surface area (Å²) in [5.74, 6) is 0.576. The fourth-order valence-electron chi connectivity index (χ4n) is 3.18. The average Bonchev–Trinajstić information content (AvgIpc) is 2.68. The fraction of sp³-hybridized carbons (Fsp3) is 0.458. The highest BCUT2D eigenvalue weighted by molar-refractivity contribution is 5.79. The van der Waals surface area contributed by atoms with Gasteiger partial charge in [0.15, 0.2) is 11.5 Å². The van der Waals surface area contributed by atoms with Crippen LogP contribution < -0.4 is 9.47 Å². The zero-order chi connectivity index (χ0) is 21.3. The van der Waals surface area contributed by atoms with E-state index in [-0.39, 0.29) is 11.4 Å². The summed E-state index contributed by atoms with van der Waals surface area (Å²) >= 11 is 0. The Hall–Kier alpha value is -2.53. The van der Waals surface area contributed by atoms with Crippen LogP contribution in [0.3, 0.4) is 0 Å². The molecule has 0 bridgehead atoms. The molecule has 5 nitrogen and oxygen atoms in total. The molecular weight excluding hydrogens is 368 g/mol. The van der Waals surface area contributed by atoms with E-state index < -0.39 is 5.92 Å². The lowest BCUT2D eigenvalue weighted by molar-refractivity contribution is -0.147. The molecule has 0 spiro atoms. The van der Waals surface area contributed by atoms with Crippen LogP contribution in [-0.2, 0) is 20.9 Å². The molecular formula is C24H32O5. The summed E-state index contributed by atoms with van der Waals surface area (Å²) in [5.41, 5.74) is 1.67. The van der Waals surface area contributed by atoms with Gasteiger partial charge in [-0.15, -0.1) is 0 Å². The third-order valence-electron chi connectivity index (χ3n) is 4.51. The first-order valence-corrected chi connectivity index (χ1v) is 9.95. The molecule has 0 heterocycles. The Morgan fingerprint density at radius 1 is 1.00 bits per heavy atom. The topological polar surface area (TPSA) is 54.0 Å². The first-order chi connectivity index (χ1) is 13.9. The monoisotopic (exact) mass is 400 g/mol. The standard InChI is InChI=1S/C24H32O5/c1-6-28-23(25)22(24(2,3)4)19-12-13-20(26-5)21(16-19)29-15-14-27-17-18-10-8-7-9-11-18/h7-13,16,22H,6,14-15,17H2,1-5H3. The van der Waals surface area contributed by atoms with Crippen LogP contribution in [0.5, 0.6) is 11.5 Å². The Labute approximate surface area is 173 Å². The fourth-order valence-corrected chi connectivity index (χ4v) is 3.18. The average molecular weight is 401 g/mol. The Kier molecular flexibility index (Phi) is 8.52. The second-order valence-corrected chi connectivity index (χ2v) is 7.85. The molecule has 5 heteroatoms. The number of rotatable bonds is 10. The van der Waals surface area contributed by atoms with Crippen molar-refractivity contribution in [2.45, 2.75) is 40.2 Å². The van der Waals surface area contributed by atoms with Crippen LogP contribution in [0.2, 0.25) is 0 Å². The van der Waals surface area contributed by atoms with E-state index in [1.807, 2.05) is 76.2 Å². The van der Waals surface area contributed by atoms with Gasteiger partial charge in [0.1, 0.15) is 6.61 Å². The molecule has 0 N–H and O–H groups in total. The smallest absolute Gasteiger partial charge is 0.313 e. The largest absolute Gasteiger partial charge is 0.493 e. The van der Waals surface area contributed by atoms with Crippen LogP contribution >= 0.6 is 0 Å². The van der Waals surface area contributed by atoms with Gasteiger partial charge in [-0.1, -0.05) is 57.2 Å². The highest BCUT2D eigenvalue weighted by Crippen LogP contribution is 2.39. The lowest BCUT2D eigenvalue weighted by Crippen LogP contribution is -2.28. The first kappa shape index (κ1) is 22.8. The summed E-state index contributed by atoms with van der Waals surface area (Å²) in [5, 5.41) is 0. The molecule has 1 atom stereocenters. The molecule has 158 valence electrons. The number of carbonyl (C=O) groups excluding carboxylic acids is 1. The summed E-state index contributed by atoms with van der Waals surface area (Å²) in [4.78, 5) is 12.6. The minimum absolute atomic E-state index is 0.234. The van der Waals surface area contributed by atoms with Gasteiger partial charge in [0, 0.05) is 0 Å². The van der Waals surface area contributed by atoms with Gasteiger partial charge >= 0.3 is 5.97 Å². The maximum atomic E-state index is 12.6. The van der Waals surface area contributed by atoms with Crippen LogP contribution in [0.1, 0.15) is 44.7 Å². The molecule has 0 amide bonds. The summed E-state index contributed by atoms with van der Waals surface area (Å²) in [6.07, 6.45) is 0. The first-order valence-electron chi connectivity index (χ1n) is 9.95. The second-order valence-electron chi connectivity index (χ2n) is 7.85. The van der Waals surface area contributed by atoms with Gasteiger partial charge in [0.05, 0.1) is 32.8 Å². The normalized spacial score (nSPS) is 12.3. The molecule has 0 saturated heterocycles. The Bertz CT molecular complexity index is 765. The Balaban J connectivity index is 2.05. The number of hydrogen-bond acceptors (Lipinski definition) is 5. The summed E-state index contributed by atoms with van der Waals surface area (Å²) in [6, 6.07) is 15.6. The van der Waals surface area contributed by atoms with Gasteiger partial charge in [0.2, 0.25) is 0 Å². The van der Waals surface area contributed by atoms with E-state index in [1.165, 1.54) is 0 Å². The van der Waals surface area contributed by atoms with E-state index >= 15 is 0 Å². The zero-order valence-electron chi connectivity index (χ0n) is 18.1. The second kappa shape index (κ2) is 10.9. The quantitative estimate of drug-likeness (QED) is 0.416. The lowest BCUT2D eigenvalue weighted by atomic mass is 9.76. The SMILES string of the molecule is CCOC(=O)C(c1ccc(OC)c(OCCOCc2ccccc2)c1)C(C)(C)C. The molecule has 29 heavy (non-hydrogen) atoms. The molecule has 0 aliphatic heterocycles. The molecule has 0 aromatic heterocycles. The molecule has 2 aromatic carbocycles. The molecule has 1 unspecified atom stereocenters. The number of hydrogen-bond donors (Lipinski definition) is 0. The van der Waals surface area contributed by atoms with E-state index in [0.717, 1.165) is 11.1 Å². The summed E-state index contributed by atoms with van der Waals surface area (Å²) in [7, 11) is 1.60. The van der Waals surface area contributed by atoms with E-state index in [2.05, 4.69) is 0 Å². The van der Waals surface area contributed by atoms with Crippen molar-refractivity contribution in [1.82, 2.24) is 0 Å². The van der Waals surface area contributed by atoms with Gasteiger partial charge < -0.3 is 18.9 Å². The van der Waals surface area contributed by atoms with Crippen molar-refractivity contribution < 1.29 is 23.7 Å². The van der Waals surface area contributed by atoms with Crippen molar-refractivity contribution in [3.8, 4) is 11.5 Å². The summed E-state index contributed by atoms with van der Waals surface area (Å²) < 4.78 is 22.3. The van der Waals surface area contributed by atoms with Crippen molar-refractivity contribution in [3.63, 3.8) is 0 Å². The third kappa shape index (κ3) is 6.79. The Morgan fingerprint density at radius 2 is 1.72 bits per heavy atom. The van der Waals surface area contributed by atoms with E-state index in [9.17, 15) is 4.79 Å². The van der Waals surface area contributed by atoms with Gasteiger partial charge in [-0.3, -0.25) is 4.79 Å². The number of benzene rings is 2. The molecule has 0 fully saturated rings. The molecule has 0 saturated carbocycles. The third-order valence-corrected chi connectivity index (χ3v) is 4.51. The van der Waals surface area contributed by atoms with E-state index in [0.29, 0.717) is 37.9 Å². The van der Waals surface area contributed by atoms with Crippen molar-refractivity contribution >= 4 is 5.97 Å². The molecule has 0 radical (unpaired) electrons. The molecule has 0 aliphatic carbocycles. The number of ether oxygens (including phenoxy) is 4. The van der Waals surface area contributed by atoms with Crippen LogP contribution in [0.25, 0.3) is 0 Å². The van der Waals surface area contributed by atoms with Crippen LogP contribution in [-0.4, -0.2) is 32.9 Å². The predicted molar refractivity (Wildman–Crippen MR) is 113 cm³/mol. The maximum absolute atomic E-state index is 12.6. The van der Waals surface area contributed by atoms with Gasteiger partial charge in [-0.05, 0) is 35.6 Å². The predicted octanol–water partition coefficient (Wildman–Crippen LogP) is 4.98. The maximum Gasteiger partial charge on any atom is 0.313 e. The van der Waals surface area contributed by atoms with Crippen molar-refractivity contribution in [1.29, 1.82) is 0 Å². The molecule has 2 rings (SSSR count). The molecule has 0 aliphatic rings. The number of esters is 1. The van der Waals surface area contributed by atoms with Crippen molar-refractivity contribution in [2.24, 2.45) is 5.41 Å². The Morgan fingerprint density at radius 3 is 2.34 bits per heavy atom. The van der Waals surface area contributed by atoms with Crippen molar-refractivity contribution in [3.05, 3.63) is 59.7 Å². The summed E-state index contributed by atoms with van der Waals surface area (Å²) in [6.45, 7) is 9.61. The van der Waals surface area contributed by atoms with E-state index in [4.69, 9.17) is 18.9 Å². The highest BCUT2D eigenvalue weighted by atomic mass is 16.5. The van der Waals surface area contributed by atoms with Gasteiger partial charge in [-0.2, -0.15) is 0 Å². The van der Waals surface area contributed by atoms with Crippen LogP contribution in [0.4, 0.5) is 0 Å². The van der Waals surface area contributed by atoms with Gasteiger partial charge in [-0.25, -0.2) is 0 Å². The van der Waals surface area contributed by atoms with E-state index in [1.54, 1.807) is 7.11 Å². The number of carbonyl (C=O) groups is 1. The lowest BCUT2D eigenvalue weighted by Gasteiger charge is -2.29.